The van der Waals surface area contributed by atoms with Crippen LogP contribution in [0.2, 0.25) is 0 Å². The minimum absolute atomic E-state index is 0.00547. The van der Waals surface area contributed by atoms with Crippen molar-refractivity contribution >= 4 is 23.6 Å². The number of hydrogen-bond acceptors (Lipinski definition) is 7. The van der Waals surface area contributed by atoms with Gasteiger partial charge in [-0.15, -0.1) is 10.2 Å². The van der Waals surface area contributed by atoms with Crippen molar-refractivity contribution in [1.82, 2.24) is 25.6 Å². The molecule has 1 aromatic carbocycles. The maximum atomic E-state index is 13.3. The Hall–Kier alpha value is -3.18. The van der Waals surface area contributed by atoms with Crippen LogP contribution in [0.15, 0.2) is 52.2 Å². The number of thioether (sulfide) groups is 1. The van der Waals surface area contributed by atoms with Gasteiger partial charge in [-0.1, -0.05) is 11.8 Å². The van der Waals surface area contributed by atoms with Crippen LogP contribution in [0.5, 0.6) is 0 Å². The lowest BCUT2D eigenvalue weighted by atomic mass is 10.2. The molecule has 1 aliphatic heterocycles. The molecule has 11 heteroatoms. The zero-order valence-electron chi connectivity index (χ0n) is 16.4. The maximum absolute atomic E-state index is 13.3. The molecule has 9 nitrogen and oxygen atoms in total. The van der Waals surface area contributed by atoms with Gasteiger partial charge in [-0.25, -0.2) is 4.39 Å². The average molecular weight is 445 g/mol. The molecule has 0 radical (unpaired) electrons. The monoisotopic (exact) mass is 445 g/mol. The number of rotatable bonds is 7. The van der Waals surface area contributed by atoms with Crippen molar-refractivity contribution < 1.29 is 23.1 Å². The second-order valence-electron chi connectivity index (χ2n) is 6.83. The average Bonchev–Trinajstić information content (AvgIpc) is 3.54. The van der Waals surface area contributed by atoms with Crippen LogP contribution in [0.1, 0.15) is 23.4 Å². The minimum Gasteiger partial charge on any atom is -0.459 e. The Morgan fingerprint density at radius 2 is 2.03 bits per heavy atom. The van der Waals surface area contributed by atoms with Gasteiger partial charge in [-0.2, -0.15) is 0 Å². The van der Waals surface area contributed by atoms with Crippen molar-refractivity contribution in [2.24, 2.45) is 0 Å². The summed E-state index contributed by atoms with van der Waals surface area (Å²) >= 11 is 1.18. The number of hydrazine groups is 1. The first-order chi connectivity index (χ1) is 15.1. The van der Waals surface area contributed by atoms with Gasteiger partial charge in [0.15, 0.2) is 16.7 Å². The van der Waals surface area contributed by atoms with E-state index < -0.39 is 11.8 Å². The largest absolute Gasteiger partial charge is 0.459 e. The number of halogens is 1. The summed E-state index contributed by atoms with van der Waals surface area (Å²) in [5.74, 6) is -0.635. The highest BCUT2D eigenvalue weighted by molar-refractivity contribution is 7.99. The number of benzene rings is 1. The van der Waals surface area contributed by atoms with E-state index in [1.54, 1.807) is 18.2 Å². The molecule has 0 bridgehead atoms. The first-order valence-electron chi connectivity index (χ1n) is 9.66. The lowest BCUT2D eigenvalue weighted by Crippen LogP contribution is -2.42. The van der Waals surface area contributed by atoms with Gasteiger partial charge in [0.1, 0.15) is 5.82 Å². The third kappa shape index (κ3) is 5.30. The highest BCUT2D eigenvalue weighted by Crippen LogP contribution is 2.26. The molecule has 31 heavy (non-hydrogen) atoms. The van der Waals surface area contributed by atoms with Crippen LogP contribution in [0.3, 0.4) is 0 Å². The third-order valence-electron chi connectivity index (χ3n) is 4.62. The van der Waals surface area contributed by atoms with E-state index in [1.807, 2.05) is 4.57 Å². The smallest absolute Gasteiger partial charge is 0.305 e. The summed E-state index contributed by atoms with van der Waals surface area (Å²) in [6, 6.07) is 9.06. The summed E-state index contributed by atoms with van der Waals surface area (Å²) in [7, 11) is 0. The van der Waals surface area contributed by atoms with Crippen LogP contribution in [0.4, 0.5) is 4.39 Å². The fourth-order valence-electron chi connectivity index (χ4n) is 3.13. The number of ether oxygens (including phenoxy) is 1. The summed E-state index contributed by atoms with van der Waals surface area (Å²) in [6.45, 7) is 1.23. The summed E-state index contributed by atoms with van der Waals surface area (Å²) in [4.78, 5) is 24.0. The summed E-state index contributed by atoms with van der Waals surface area (Å²) in [5, 5.41) is 8.98. The zero-order valence-corrected chi connectivity index (χ0v) is 17.2. The number of hydrogen-bond donors (Lipinski definition) is 2. The Morgan fingerprint density at radius 3 is 2.74 bits per heavy atom. The van der Waals surface area contributed by atoms with Crippen molar-refractivity contribution in [2.75, 3.05) is 12.4 Å². The van der Waals surface area contributed by atoms with Gasteiger partial charge >= 0.3 is 5.91 Å². The highest BCUT2D eigenvalue weighted by Gasteiger charge is 2.22. The number of furan rings is 1. The first-order valence-corrected chi connectivity index (χ1v) is 10.6. The lowest BCUT2D eigenvalue weighted by Gasteiger charge is -2.14. The van der Waals surface area contributed by atoms with E-state index in [4.69, 9.17) is 9.15 Å². The lowest BCUT2D eigenvalue weighted by molar-refractivity contribution is -0.119. The summed E-state index contributed by atoms with van der Waals surface area (Å²) in [5.41, 5.74) is 5.34. The van der Waals surface area contributed by atoms with Crippen LogP contribution in [-0.4, -0.2) is 45.0 Å². The molecular formula is C20H20FN5O4S. The topological polar surface area (TPSA) is 111 Å². The summed E-state index contributed by atoms with van der Waals surface area (Å²) < 4.78 is 25.9. The SMILES string of the molecule is O=C(CSc1nnc(-c2ccc(F)cc2)n1C[C@H]1CCCO1)NNC(=O)c1ccco1. The highest BCUT2D eigenvalue weighted by atomic mass is 32.2. The molecule has 162 valence electrons. The number of amides is 2. The van der Waals surface area contributed by atoms with E-state index in [0.29, 0.717) is 29.7 Å². The Labute approximate surface area is 181 Å². The molecule has 3 aromatic rings. The zero-order chi connectivity index (χ0) is 21.6. The molecule has 4 rings (SSSR count). The molecule has 2 N–H and O–H groups in total. The van der Waals surface area contributed by atoms with Crippen molar-refractivity contribution in [2.45, 2.75) is 30.6 Å². The van der Waals surface area contributed by atoms with E-state index in [1.165, 1.54) is 36.2 Å². The van der Waals surface area contributed by atoms with Gasteiger partial charge in [-0.05, 0) is 49.2 Å². The molecule has 1 fully saturated rings. The fraction of sp³-hybridized carbons (Fsp3) is 0.300. The molecule has 0 aliphatic carbocycles. The Balaban J connectivity index is 1.42. The predicted molar refractivity (Wildman–Crippen MR) is 109 cm³/mol. The molecule has 2 aromatic heterocycles. The molecule has 0 unspecified atom stereocenters. The molecule has 1 atom stereocenters. The number of nitrogens with one attached hydrogen (secondary N) is 2. The van der Waals surface area contributed by atoms with E-state index in [2.05, 4.69) is 21.0 Å². The fourth-order valence-corrected chi connectivity index (χ4v) is 3.87. The summed E-state index contributed by atoms with van der Waals surface area (Å²) in [6.07, 6.45) is 3.30. The number of carbonyl (C=O) groups excluding carboxylic acids is 2. The maximum Gasteiger partial charge on any atom is 0.305 e. The van der Waals surface area contributed by atoms with Gasteiger partial charge in [0.2, 0.25) is 5.91 Å². The van der Waals surface area contributed by atoms with Crippen LogP contribution >= 0.6 is 11.8 Å². The number of nitrogens with zero attached hydrogens (tertiary/aromatic N) is 3. The third-order valence-corrected chi connectivity index (χ3v) is 5.59. The van der Waals surface area contributed by atoms with Crippen molar-refractivity contribution in [3.8, 4) is 11.4 Å². The Morgan fingerprint density at radius 1 is 1.19 bits per heavy atom. The van der Waals surface area contributed by atoms with Gasteiger partial charge in [-0.3, -0.25) is 25.0 Å². The molecule has 1 saturated heterocycles. The normalized spacial score (nSPS) is 15.7. The number of carbonyl (C=O) groups is 2. The first kappa shape index (κ1) is 21.1. The van der Waals surface area contributed by atoms with E-state index >= 15 is 0 Å². The quantitative estimate of drug-likeness (QED) is 0.424. The van der Waals surface area contributed by atoms with Crippen LogP contribution in [0.25, 0.3) is 11.4 Å². The van der Waals surface area contributed by atoms with Crippen molar-refractivity contribution in [3.63, 3.8) is 0 Å². The van der Waals surface area contributed by atoms with E-state index in [-0.39, 0.29) is 23.4 Å². The van der Waals surface area contributed by atoms with Gasteiger partial charge < -0.3 is 9.15 Å². The van der Waals surface area contributed by atoms with E-state index in [9.17, 15) is 14.0 Å². The molecule has 3 heterocycles. The second-order valence-corrected chi connectivity index (χ2v) is 7.77. The Bertz CT molecular complexity index is 1030. The predicted octanol–water partition coefficient (Wildman–Crippen LogP) is 2.41. The molecule has 1 aliphatic rings. The molecule has 0 saturated carbocycles. The van der Waals surface area contributed by atoms with Crippen LogP contribution in [-0.2, 0) is 16.1 Å². The van der Waals surface area contributed by atoms with Gasteiger partial charge in [0.25, 0.3) is 0 Å². The minimum atomic E-state index is -0.552. The van der Waals surface area contributed by atoms with Crippen LogP contribution < -0.4 is 10.9 Å². The molecule has 0 spiro atoms. The Kier molecular flexibility index (Phi) is 6.63. The number of aromatic nitrogens is 3. The molecule has 2 amide bonds. The van der Waals surface area contributed by atoms with Crippen molar-refractivity contribution in [3.05, 3.63) is 54.2 Å². The second kappa shape index (κ2) is 9.75. The standard InChI is InChI=1S/C20H20FN5O4S/c21-14-7-5-13(6-8-14)18-23-25-20(26(18)11-15-3-1-9-29-15)31-12-17(27)22-24-19(28)16-4-2-10-30-16/h2,4-8,10,15H,1,3,9,11-12H2,(H,22,27)(H,24,28)/t15-/m1/s1. The van der Waals surface area contributed by atoms with Crippen molar-refractivity contribution in [1.29, 1.82) is 0 Å². The van der Waals surface area contributed by atoms with Gasteiger partial charge in [0.05, 0.1) is 24.7 Å². The molecular weight excluding hydrogens is 425 g/mol. The van der Waals surface area contributed by atoms with Crippen LogP contribution in [0, 0.1) is 5.82 Å². The van der Waals surface area contributed by atoms with Gasteiger partial charge in [0, 0.05) is 12.2 Å². The van der Waals surface area contributed by atoms with E-state index in [0.717, 1.165) is 12.8 Å².